The van der Waals surface area contributed by atoms with Crippen LogP contribution in [0.2, 0.25) is 0 Å². The van der Waals surface area contributed by atoms with Gasteiger partial charge >= 0.3 is 5.97 Å². The molecule has 58 heavy (non-hydrogen) atoms. The lowest BCUT2D eigenvalue weighted by atomic mass is 9.79. The summed E-state index contributed by atoms with van der Waals surface area (Å²) in [5.74, 6) is -2.20. The first-order valence-electron chi connectivity index (χ1n) is 21.1. The van der Waals surface area contributed by atoms with Crippen molar-refractivity contribution < 1.29 is 46.2 Å². The van der Waals surface area contributed by atoms with Crippen molar-refractivity contribution in [1.82, 2.24) is 14.6 Å². The number of fused-ring (bicyclic) bond motifs is 5. The Labute approximate surface area is 341 Å². The number of carbonyl (C=O) groups is 4. The lowest BCUT2D eigenvalue weighted by molar-refractivity contribution is -0.160. The Balaban J connectivity index is 1.25. The molecule has 2 aromatic rings. The lowest BCUT2D eigenvalue weighted by Gasteiger charge is -2.33. The quantitative estimate of drug-likeness (QED) is 0.217. The molecule has 0 radical (unpaired) electrons. The summed E-state index contributed by atoms with van der Waals surface area (Å²) in [4.78, 5) is 63.8. The molecule has 0 bridgehead atoms. The summed E-state index contributed by atoms with van der Waals surface area (Å²) in [5, 5.41) is 1.59. The highest BCUT2D eigenvalue weighted by Gasteiger charge is 2.63. The topological polar surface area (TPSA) is 158 Å². The molecule has 7 atom stereocenters. The zero-order chi connectivity index (χ0) is 41.6. The zero-order valence-electron chi connectivity index (χ0n) is 34.4. The molecule has 3 aliphatic heterocycles. The van der Waals surface area contributed by atoms with Crippen LogP contribution in [-0.4, -0.2) is 84.2 Å². The van der Waals surface area contributed by atoms with Gasteiger partial charge in [-0.3, -0.25) is 23.9 Å². The summed E-state index contributed by atoms with van der Waals surface area (Å²) in [7, 11) is -4.34. The number of sulfonamides is 1. The number of allylic oxidation sites excluding steroid dienone is 2. The number of aryl methyl sites for hydroxylation is 1. The van der Waals surface area contributed by atoms with Gasteiger partial charge in [-0.25, -0.2) is 17.8 Å². The molecule has 1 saturated heterocycles. The number of esters is 1. The average Bonchev–Trinajstić information content (AvgIpc) is 4.08. The van der Waals surface area contributed by atoms with Gasteiger partial charge in [0.05, 0.1) is 42.6 Å². The second-order valence-corrected chi connectivity index (χ2v) is 20.5. The number of benzene rings is 1. The number of pyridine rings is 1. The summed E-state index contributed by atoms with van der Waals surface area (Å²) in [6.45, 7) is 8.99. The molecule has 7 rings (SSSR count). The van der Waals surface area contributed by atoms with E-state index >= 15 is 4.79 Å². The van der Waals surface area contributed by atoms with E-state index in [1.165, 1.54) is 4.90 Å². The van der Waals surface area contributed by atoms with Crippen LogP contribution in [0.25, 0.3) is 10.8 Å². The van der Waals surface area contributed by atoms with Crippen LogP contribution in [0.5, 0.6) is 11.6 Å². The van der Waals surface area contributed by atoms with E-state index < -0.39 is 74.1 Å². The zero-order valence-corrected chi connectivity index (χ0v) is 35.2. The predicted molar refractivity (Wildman–Crippen MR) is 215 cm³/mol. The van der Waals surface area contributed by atoms with Gasteiger partial charge in [0, 0.05) is 23.6 Å². The number of ether oxygens (including phenoxy) is 3. The molecule has 1 aromatic heterocycles. The Kier molecular flexibility index (Phi) is 11.7. The van der Waals surface area contributed by atoms with Crippen molar-refractivity contribution in [1.29, 1.82) is 0 Å². The van der Waals surface area contributed by atoms with Crippen LogP contribution in [0.15, 0.2) is 36.4 Å². The van der Waals surface area contributed by atoms with E-state index in [9.17, 15) is 27.2 Å². The number of halogens is 1. The summed E-state index contributed by atoms with van der Waals surface area (Å²) >= 11 is 0. The molecule has 3 fully saturated rings. The van der Waals surface area contributed by atoms with Gasteiger partial charge in [0.25, 0.3) is 0 Å². The van der Waals surface area contributed by atoms with Gasteiger partial charge in [-0.1, -0.05) is 50.6 Å². The third-order valence-electron chi connectivity index (χ3n) is 12.9. The Bertz CT molecular complexity index is 2080. The maximum atomic E-state index is 15.1. The van der Waals surface area contributed by atoms with Crippen LogP contribution in [0, 0.1) is 29.1 Å². The Morgan fingerprint density at radius 2 is 1.86 bits per heavy atom. The van der Waals surface area contributed by atoms with E-state index in [0.717, 1.165) is 35.1 Å². The van der Waals surface area contributed by atoms with E-state index in [4.69, 9.17) is 19.2 Å². The second-order valence-electron chi connectivity index (χ2n) is 18.4. The molecule has 316 valence electrons. The van der Waals surface area contributed by atoms with Gasteiger partial charge in [-0.05, 0) is 96.0 Å². The third kappa shape index (κ3) is 8.49. The highest BCUT2D eigenvalue weighted by atomic mass is 32.2. The number of alkyl halides is 1. The first-order valence-corrected chi connectivity index (χ1v) is 22.5. The number of ketones is 1. The van der Waals surface area contributed by atoms with E-state index in [1.807, 2.05) is 43.3 Å². The summed E-state index contributed by atoms with van der Waals surface area (Å²) in [6, 6.07) is 6.63. The molecule has 2 aliphatic carbocycles. The minimum atomic E-state index is -4.34. The number of nitrogens with zero attached hydrogens (tertiary/aromatic N) is 2. The number of Topliss-reactive ketones (excluding diaryl/α,β-unsaturated/α-hetero) is 1. The monoisotopic (exact) mass is 823 g/mol. The molecular weight excluding hydrogens is 766 g/mol. The van der Waals surface area contributed by atoms with E-state index in [-0.39, 0.29) is 62.8 Å². The van der Waals surface area contributed by atoms with Crippen LogP contribution in [0.4, 0.5) is 4.39 Å². The standard InChI is InChI=1S/C44H58FN3O9S/c1-6-28-20-27(2)12-7-8-13-29-23-44(29,41(52)47-58(53,54)43(26-45)17-18-43)24-36(49)35-21-30(25-48(35)40(51)33(28)22-37(50)57-42(3,4)5)56-39-32-15-10-9-14-31(32)38-34(46-39)16-11-19-55-38/h8-10,13-15,27-30,33,35H,6-7,11-12,16-26H2,1-5H3,(H,47,52)/b13-8-/t27-,28-,29-,30-,33?,35+,44-/m1/s1. The average molecular weight is 824 g/mol. The van der Waals surface area contributed by atoms with Crippen LogP contribution in [0.3, 0.4) is 0 Å². The van der Waals surface area contributed by atoms with Crippen LogP contribution in [0.1, 0.15) is 111 Å². The second kappa shape index (κ2) is 16.2. The molecule has 4 heterocycles. The highest BCUT2D eigenvalue weighted by molar-refractivity contribution is 7.91. The number of hydrogen-bond donors (Lipinski definition) is 1. The SMILES string of the molecule is CC[C@@H]1C[C@H](C)CC/C=C\[C@@H]2C[C@@]2(C(=O)NS(=O)(=O)C2(CF)CC2)CC(=O)[C@@H]2C[C@@H](Oc3nc4c(c5ccccc35)OCCC4)CN2C(=O)C1CC(=O)OC(C)(C)C. The fraction of sp³-hybridized carbons (Fsp3) is 0.659. The largest absolute Gasteiger partial charge is 0.491 e. The molecule has 5 aliphatic rings. The van der Waals surface area contributed by atoms with E-state index in [0.29, 0.717) is 38.2 Å². The molecule has 14 heteroatoms. The molecule has 0 spiro atoms. The minimum Gasteiger partial charge on any atom is -0.491 e. The summed E-state index contributed by atoms with van der Waals surface area (Å²) in [6.07, 6.45) is 7.56. The number of nitrogens with one attached hydrogen (secondary N) is 1. The third-order valence-corrected chi connectivity index (χ3v) is 15.1. The van der Waals surface area contributed by atoms with Crippen molar-refractivity contribution in [2.45, 2.75) is 134 Å². The van der Waals surface area contributed by atoms with E-state index in [2.05, 4.69) is 11.6 Å². The molecule has 1 N–H and O–H groups in total. The highest BCUT2D eigenvalue weighted by Crippen LogP contribution is 2.58. The van der Waals surface area contributed by atoms with Crippen molar-refractivity contribution >= 4 is 44.4 Å². The maximum Gasteiger partial charge on any atom is 0.307 e. The number of hydrogen-bond acceptors (Lipinski definition) is 10. The number of amides is 2. The van der Waals surface area contributed by atoms with Gasteiger partial charge in [0.1, 0.15) is 28.9 Å². The maximum absolute atomic E-state index is 15.1. The van der Waals surface area contributed by atoms with Gasteiger partial charge in [0.2, 0.25) is 27.7 Å². The fourth-order valence-electron chi connectivity index (χ4n) is 9.31. The Hall–Kier alpha value is -4.07. The normalized spacial score (nSPS) is 30.4. The van der Waals surface area contributed by atoms with Gasteiger partial charge in [0.15, 0.2) is 5.78 Å². The molecule has 1 unspecified atom stereocenters. The Morgan fingerprint density at radius 1 is 1.12 bits per heavy atom. The van der Waals surface area contributed by atoms with Crippen molar-refractivity contribution in [3.05, 3.63) is 42.1 Å². The first-order chi connectivity index (χ1) is 27.5. The van der Waals surface area contributed by atoms with Gasteiger partial charge in [-0.2, -0.15) is 0 Å². The molecule has 2 amide bonds. The van der Waals surface area contributed by atoms with Crippen LogP contribution in [-0.2, 0) is 40.4 Å². The van der Waals surface area contributed by atoms with E-state index in [1.54, 1.807) is 20.8 Å². The summed E-state index contributed by atoms with van der Waals surface area (Å²) < 4.78 is 59.5. The molecular formula is C44H58FN3O9S. The fourth-order valence-corrected chi connectivity index (χ4v) is 10.8. The minimum absolute atomic E-state index is 0.0333. The van der Waals surface area contributed by atoms with Crippen molar-refractivity contribution in [3.63, 3.8) is 0 Å². The predicted octanol–water partition coefficient (Wildman–Crippen LogP) is 6.57. The summed E-state index contributed by atoms with van der Waals surface area (Å²) in [5.41, 5.74) is -1.38. The molecule has 2 saturated carbocycles. The smallest absolute Gasteiger partial charge is 0.307 e. The first kappa shape index (κ1) is 42.1. The van der Waals surface area contributed by atoms with Gasteiger partial charge < -0.3 is 19.1 Å². The number of rotatable bonds is 9. The lowest BCUT2D eigenvalue weighted by Crippen LogP contribution is -2.48. The van der Waals surface area contributed by atoms with Crippen molar-refractivity contribution in [2.75, 3.05) is 19.8 Å². The van der Waals surface area contributed by atoms with Crippen LogP contribution < -0.4 is 14.2 Å². The number of aromatic nitrogens is 1. The molecule has 12 nitrogen and oxygen atoms in total. The Morgan fingerprint density at radius 3 is 2.55 bits per heavy atom. The number of carbonyl (C=O) groups excluding carboxylic acids is 4. The van der Waals surface area contributed by atoms with Gasteiger partial charge in [-0.15, -0.1) is 0 Å². The van der Waals surface area contributed by atoms with Crippen molar-refractivity contribution in [3.8, 4) is 11.6 Å². The molecule has 1 aromatic carbocycles. The van der Waals surface area contributed by atoms with Crippen LogP contribution >= 0.6 is 0 Å². The van der Waals surface area contributed by atoms with Crippen molar-refractivity contribution in [2.24, 2.45) is 29.1 Å².